The van der Waals surface area contributed by atoms with Gasteiger partial charge in [0.1, 0.15) is 5.75 Å². The van der Waals surface area contributed by atoms with E-state index < -0.39 is 0 Å². The van der Waals surface area contributed by atoms with Crippen molar-refractivity contribution < 1.29 is 14.3 Å². The largest absolute Gasteiger partial charge is 0.497 e. The van der Waals surface area contributed by atoms with Gasteiger partial charge < -0.3 is 10.1 Å². The van der Waals surface area contributed by atoms with E-state index in [-0.39, 0.29) is 23.3 Å². The van der Waals surface area contributed by atoms with E-state index in [0.29, 0.717) is 11.3 Å². The molecule has 0 saturated carbocycles. The first-order chi connectivity index (χ1) is 11.6. The second-order valence-electron chi connectivity index (χ2n) is 4.85. The van der Waals surface area contributed by atoms with E-state index in [1.807, 2.05) is 30.3 Å². The number of nitrogens with one attached hydrogen (secondary N) is 3. The third kappa shape index (κ3) is 5.36. The molecule has 0 unspecified atom stereocenters. The summed E-state index contributed by atoms with van der Waals surface area (Å²) < 4.78 is 5.02. The van der Waals surface area contributed by atoms with E-state index >= 15 is 0 Å². The van der Waals surface area contributed by atoms with Gasteiger partial charge in [0.2, 0.25) is 5.91 Å². The van der Waals surface area contributed by atoms with Gasteiger partial charge in [0, 0.05) is 5.56 Å². The van der Waals surface area contributed by atoms with Crippen LogP contribution < -0.4 is 20.9 Å². The Morgan fingerprint density at radius 3 is 2.29 bits per heavy atom. The molecule has 0 heterocycles. The summed E-state index contributed by atoms with van der Waals surface area (Å²) in [4.78, 5) is 23.8. The average Bonchev–Trinajstić information content (AvgIpc) is 2.60. The van der Waals surface area contributed by atoms with Crippen LogP contribution >= 0.6 is 12.2 Å². The zero-order valence-electron chi connectivity index (χ0n) is 13.0. The summed E-state index contributed by atoms with van der Waals surface area (Å²) in [5.74, 6) is 0.0120. The maximum absolute atomic E-state index is 11.9. The molecule has 2 aromatic rings. The molecule has 6 nitrogen and oxygen atoms in total. The van der Waals surface area contributed by atoms with Crippen LogP contribution in [0.25, 0.3) is 0 Å². The molecule has 2 rings (SSSR count). The van der Waals surface area contributed by atoms with Crippen LogP contribution in [-0.2, 0) is 11.2 Å². The molecule has 0 bridgehead atoms. The average molecular weight is 343 g/mol. The van der Waals surface area contributed by atoms with Crippen molar-refractivity contribution in [3.05, 3.63) is 65.7 Å². The number of hydrogen-bond donors (Lipinski definition) is 3. The van der Waals surface area contributed by atoms with Crippen LogP contribution in [0.5, 0.6) is 5.75 Å². The first-order valence-corrected chi connectivity index (χ1v) is 7.57. The molecule has 124 valence electrons. The van der Waals surface area contributed by atoms with Crippen LogP contribution in [0.4, 0.5) is 0 Å². The van der Waals surface area contributed by atoms with Gasteiger partial charge >= 0.3 is 0 Å². The van der Waals surface area contributed by atoms with Crippen molar-refractivity contribution in [1.82, 2.24) is 16.2 Å². The smallest absolute Gasteiger partial charge is 0.269 e. The predicted molar refractivity (Wildman–Crippen MR) is 94.5 cm³/mol. The SMILES string of the molecule is COc1ccc(C(=O)NNC(=S)NC(=O)Cc2ccccc2)cc1. The minimum atomic E-state index is -0.377. The van der Waals surface area contributed by atoms with Crippen LogP contribution in [0.3, 0.4) is 0 Å². The lowest BCUT2D eigenvalue weighted by Crippen LogP contribution is -2.48. The summed E-state index contributed by atoms with van der Waals surface area (Å²) in [5, 5.41) is 2.53. The summed E-state index contributed by atoms with van der Waals surface area (Å²) in [6, 6.07) is 15.9. The van der Waals surface area contributed by atoms with E-state index in [4.69, 9.17) is 17.0 Å². The number of rotatable bonds is 4. The van der Waals surface area contributed by atoms with Crippen LogP contribution in [0.1, 0.15) is 15.9 Å². The number of carbonyl (C=O) groups excluding carboxylic acids is 2. The zero-order chi connectivity index (χ0) is 17.4. The number of ether oxygens (including phenoxy) is 1. The van der Waals surface area contributed by atoms with Crippen LogP contribution in [0.15, 0.2) is 54.6 Å². The van der Waals surface area contributed by atoms with Crippen molar-refractivity contribution in [2.24, 2.45) is 0 Å². The number of hydrazine groups is 1. The molecule has 0 fully saturated rings. The molecule has 3 N–H and O–H groups in total. The lowest BCUT2D eigenvalue weighted by Gasteiger charge is -2.11. The summed E-state index contributed by atoms with van der Waals surface area (Å²) in [7, 11) is 1.55. The van der Waals surface area contributed by atoms with Gasteiger partial charge in [-0.2, -0.15) is 0 Å². The lowest BCUT2D eigenvalue weighted by molar-refractivity contribution is -0.119. The first-order valence-electron chi connectivity index (χ1n) is 7.16. The van der Waals surface area contributed by atoms with Gasteiger partial charge in [0.15, 0.2) is 5.11 Å². The fraction of sp³-hybridized carbons (Fsp3) is 0.118. The Morgan fingerprint density at radius 1 is 1.00 bits per heavy atom. The Morgan fingerprint density at radius 2 is 1.67 bits per heavy atom. The number of thiocarbonyl (C=S) groups is 1. The van der Waals surface area contributed by atoms with Crippen molar-refractivity contribution in [3.63, 3.8) is 0 Å². The summed E-state index contributed by atoms with van der Waals surface area (Å²) >= 11 is 4.98. The highest BCUT2D eigenvalue weighted by atomic mass is 32.1. The highest BCUT2D eigenvalue weighted by molar-refractivity contribution is 7.80. The molecule has 2 aromatic carbocycles. The highest BCUT2D eigenvalue weighted by Crippen LogP contribution is 2.10. The normalized spacial score (nSPS) is 9.71. The Labute approximate surface area is 145 Å². The van der Waals surface area contributed by atoms with E-state index in [0.717, 1.165) is 5.56 Å². The molecule has 0 aliphatic rings. The van der Waals surface area contributed by atoms with E-state index in [9.17, 15) is 9.59 Å². The summed E-state index contributed by atoms with van der Waals surface area (Å²) in [6.45, 7) is 0. The number of amides is 2. The minimum absolute atomic E-state index is 0.0257. The number of carbonyl (C=O) groups is 2. The van der Waals surface area contributed by atoms with Crippen molar-refractivity contribution in [2.75, 3.05) is 7.11 Å². The maximum atomic E-state index is 11.9. The Bertz CT molecular complexity index is 718. The van der Waals surface area contributed by atoms with Crippen LogP contribution in [0.2, 0.25) is 0 Å². The Hall–Kier alpha value is -2.93. The number of benzene rings is 2. The summed E-state index contributed by atoms with van der Waals surface area (Å²) in [5.41, 5.74) is 6.22. The molecule has 0 radical (unpaired) electrons. The van der Waals surface area contributed by atoms with E-state index in [2.05, 4.69) is 16.2 Å². The van der Waals surface area contributed by atoms with Crippen molar-refractivity contribution in [3.8, 4) is 5.75 Å². The topological polar surface area (TPSA) is 79.5 Å². The van der Waals surface area contributed by atoms with E-state index in [1.54, 1.807) is 31.4 Å². The molecule has 0 saturated heterocycles. The van der Waals surface area contributed by atoms with Crippen LogP contribution in [0, 0.1) is 0 Å². The molecule has 0 atom stereocenters. The third-order valence-corrected chi connectivity index (χ3v) is 3.31. The van der Waals surface area contributed by atoms with Gasteiger partial charge in [0.05, 0.1) is 13.5 Å². The standard InChI is InChI=1S/C17H17N3O3S/c1-23-14-9-7-13(8-10-14)16(22)19-20-17(24)18-15(21)11-12-5-3-2-4-6-12/h2-10H,11H2,1H3,(H,19,22)(H2,18,20,21,24). The molecule has 7 heteroatoms. The molecule has 0 aliphatic heterocycles. The van der Waals surface area contributed by atoms with Crippen molar-refractivity contribution >= 4 is 29.1 Å². The van der Waals surface area contributed by atoms with Gasteiger partial charge in [-0.1, -0.05) is 30.3 Å². The second-order valence-corrected chi connectivity index (χ2v) is 5.26. The monoisotopic (exact) mass is 343 g/mol. The number of methoxy groups -OCH3 is 1. The minimum Gasteiger partial charge on any atom is -0.497 e. The van der Waals surface area contributed by atoms with Gasteiger partial charge in [-0.05, 0) is 42.0 Å². The molecule has 0 aromatic heterocycles. The highest BCUT2D eigenvalue weighted by Gasteiger charge is 2.08. The maximum Gasteiger partial charge on any atom is 0.269 e. The van der Waals surface area contributed by atoms with Gasteiger partial charge in [-0.25, -0.2) is 0 Å². The number of hydrogen-bond acceptors (Lipinski definition) is 4. The fourth-order valence-corrected chi connectivity index (χ4v) is 2.08. The fourth-order valence-electron chi connectivity index (χ4n) is 1.91. The second kappa shape index (κ2) is 8.64. The van der Waals surface area contributed by atoms with Crippen molar-refractivity contribution in [2.45, 2.75) is 6.42 Å². The van der Waals surface area contributed by atoms with Gasteiger partial charge in [-0.15, -0.1) is 0 Å². The molecular weight excluding hydrogens is 326 g/mol. The predicted octanol–water partition coefficient (Wildman–Crippen LogP) is 1.57. The molecule has 0 spiro atoms. The Kier molecular flexibility index (Phi) is 6.27. The van der Waals surface area contributed by atoms with Crippen molar-refractivity contribution in [1.29, 1.82) is 0 Å². The van der Waals surface area contributed by atoms with E-state index in [1.165, 1.54) is 0 Å². The quantitative estimate of drug-likeness (QED) is 0.580. The van der Waals surface area contributed by atoms with Crippen LogP contribution in [-0.4, -0.2) is 24.0 Å². The Balaban J connectivity index is 1.77. The van der Waals surface area contributed by atoms with Gasteiger partial charge in [-0.3, -0.25) is 20.4 Å². The molecule has 0 aliphatic carbocycles. The molecular formula is C17H17N3O3S. The lowest BCUT2D eigenvalue weighted by atomic mass is 10.1. The first kappa shape index (κ1) is 17.4. The zero-order valence-corrected chi connectivity index (χ0v) is 13.9. The molecule has 2 amide bonds. The molecule has 24 heavy (non-hydrogen) atoms. The van der Waals surface area contributed by atoms with Gasteiger partial charge in [0.25, 0.3) is 5.91 Å². The third-order valence-electron chi connectivity index (χ3n) is 3.10. The summed E-state index contributed by atoms with van der Waals surface area (Å²) in [6.07, 6.45) is 0.203.